The Morgan fingerprint density at radius 3 is 2.46 bits per heavy atom. The Kier molecular flexibility index (Phi) is 5.90. The van der Waals surface area contributed by atoms with E-state index in [-0.39, 0.29) is 15.8 Å². The van der Waals surface area contributed by atoms with E-state index in [2.05, 4.69) is 14.9 Å². The highest BCUT2D eigenvalue weighted by atomic mass is 35.5. The second kappa shape index (κ2) is 8.20. The van der Waals surface area contributed by atoms with Gasteiger partial charge in [0.15, 0.2) is 5.82 Å². The molecule has 0 aliphatic rings. The molecular formula is C19H20ClN3O4S. The fraction of sp³-hybridized carbons (Fsp3) is 0.263. The van der Waals surface area contributed by atoms with Gasteiger partial charge in [-0.15, -0.1) is 0 Å². The van der Waals surface area contributed by atoms with Gasteiger partial charge in [0.1, 0.15) is 5.75 Å². The van der Waals surface area contributed by atoms with Gasteiger partial charge in [-0.1, -0.05) is 42.7 Å². The van der Waals surface area contributed by atoms with Crippen LogP contribution in [0.25, 0.3) is 0 Å². The second-order valence-electron chi connectivity index (χ2n) is 6.48. The largest absolute Gasteiger partial charge is 0.495 e. The average Bonchev–Trinajstić information content (AvgIpc) is 3.12. The molecule has 0 unspecified atom stereocenters. The van der Waals surface area contributed by atoms with Gasteiger partial charge < -0.3 is 9.26 Å². The van der Waals surface area contributed by atoms with Crippen LogP contribution < -0.4 is 9.46 Å². The third-order valence-electron chi connectivity index (χ3n) is 3.98. The summed E-state index contributed by atoms with van der Waals surface area (Å²) in [6.07, 6.45) is 0.497. The van der Waals surface area contributed by atoms with Gasteiger partial charge in [-0.25, -0.2) is 8.42 Å². The second-order valence-corrected chi connectivity index (χ2v) is 8.57. The molecule has 0 saturated heterocycles. The first-order chi connectivity index (χ1) is 13.3. The Balaban J connectivity index is 1.71. The zero-order chi connectivity index (χ0) is 20.3. The highest BCUT2D eigenvalue weighted by Crippen LogP contribution is 2.28. The van der Waals surface area contributed by atoms with Crippen molar-refractivity contribution in [3.8, 4) is 5.75 Å². The molecular weight excluding hydrogens is 402 g/mol. The molecule has 9 heteroatoms. The molecule has 7 nitrogen and oxygen atoms in total. The van der Waals surface area contributed by atoms with Gasteiger partial charge in [0.25, 0.3) is 10.0 Å². The molecule has 0 aliphatic carbocycles. The molecule has 0 fully saturated rings. The molecule has 0 bridgehead atoms. The number of sulfonamides is 1. The van der Waals surface area contributed by atoms with Crippen LogP contribution in [0.2, 0.25) is 5.02 Å². The van der Waals surface area contributed by atoms with E-state index >= 15 is 0 Å². The van der Waals surface area contributed by atoms with E-state index < -0.39 is 10.0 Å². The van der Waals surface area contributed by atoms with Gasteiger partial charge in [-0.05, 0) is 35.9 Å². The van der Waals surface area contributed by atoms with Crippen LogP contribution >= 0.6 is 11.6 Å². The zero-order valence-electron chi connectivity index (χ0n) is 15.6. The standard InChI is InChI=1S/C19H20ClN3O4S/c1-12(2)19-21-18(22-27-19)10-13-4-6-14(7-5-13)23-28(24,25)15-8-9-17(26-3)16(20)11-15/h4-9,11-12,23H,10H2,1-3H3. The first-order valence-corrected chi connectivity index (χ1v) is 10.4. The number of nitrogens with one attached hydrogen (secondary N) is 1. The van der Waals surface area contributed by atoms with Crippen molar-refractivity contribution < 1.29 is 17.7 Å². The summed E-state index contributed by atoms with van der Waals surface area (Å²) in [4.78, 5) is 4.39. The topological polar surface area (TPSA) is 94.3 Å². The number of hydrogen-bond acceptors (Lipinski definition) is 6. The van der Waals surface area contributed by atoms with Crippen molar-refractivity contribution in [3.05, 3.63) is 64.8 Å². The van der Waals surface area contributed by atoms with Crippen molar-refractivity contribution in [2.45, 2.75) is 31.1 Å². The zero-order valence-corrected chi connectivity index (χ0v) is 17.2. The molecule has 0 saturated carbocycles. The normalized spacial score (nSPS) is 11.6. The molecule has 0 amide bonds. The maximum absolute atomic E-state index is 12.6. The smallest absolute Gasteiger partial charge is 0.261 e. The van der Waals surface area contributed by atoms with Crippen molar-refractivity contribution in [1.29, 1.82) is 0 Å². The summed E-state index contributed by atoms with van der Waals surface area (Å²) in [5, 5.41) is 4.18. The SMILES string of the molecule is COc1ccc(S(=O)(=O)Nc2ccc(Cc3noc(C(C)C)n3)cc2)cc1Cl. The maximum Gasteiger partial charge on any atom is 0.261 e. The Morgan fingerprint density at radius 1 is 1.18 bits per heavy atom. The van der Waals surface area contributed by atoms with Gasteiger partial charge in [0.05, 0.1) is 17.0 Å². The molecule has 3 aromatic rings. The van der Waals surface area contributed by atoms with E-state index in [9.17, 15) is 8.42 Å². The third-order valence-corrected chi connectivity index (χ3v) is 5.65. The predicted molar refractivity (Wildman–Crippen MR) is 106 cm³/mol. The quantitative estimate of drug-likeness (QED) is 0.612. The van der Waals surface area contributed by atoms with Gasteiger partial charge >= 0.3 is 0 Å². The molecule has 0 radical (unpaired) electrons. The molecule has 28 heavy (non-hydrogen) atoms. The van der Waals surface area contributed by atoms with Crippen molar-refractivity contribution >= 4 is 27.3 Å². The minimum Gasteiger partial charge on any atom is -0.495 e. The van der Waals surface area contributed by atoms with Crippen molar-refractivity contribution in [1.82, 2.24) is 10.1 Å². The van der Waals surface area contributed by atoms with Crippen molar-refractivity contribution in [2.75, 3.05) is 11.8 Å². The van der Waals surface area contributed by atoms with Crippen molar-refractivity contribution in [2.24, 2.45) is 0 Å². The summed E-state index contributed by atoms with van der Waals surface area (Å²) in [6.45, 7) is 3.96. The van der Waals surface area contributed by atoms with E-state index in [1.54, 1.807) is 12.1 Å². The fourth-order valence-electron chi connectivity index (χ4n) is 2.48. The predicted octanol–water partition coefficient (Wildman–Crippen LogP) is 4.25. The molecule has 3 rings (SSSR count). The van der Waals surface area contributed by atoms with E-state index in [0.29, 0.717) is 29.6 Å². The fourth-order valence-corrected chi connectivity index (χ4v) is 3.88. The lowest BCUT2D eigenvalue weighted by Crippen LogP contribution is -2.13. The number of benzene rings is 2. The van der Waals surface area contributed by atoms with E-state index in [1.165, 1.54) is 25.3 Å². The molecule has 0 spiro atoms. The van der Waals surface area contributed by atoms with Crippen LogP contribution in [0, 0.1) is 0 Å². The number of rotatable bonds is 7. The van der Waals surface area contributed by atoms with Crippen LogP contribution in [0.15, 0.2) is 51.9 Å². The Bertz CT molecular complexity index is 1060. The van der Waals surface area contributed by atoms with Crippen LogP contribution in [0.4, 0.5) is 5.69 Å². The highest BCUT2D eigenvalue weighted by molar-refractivity contribution is 7.92. The molecule has 1 N–H and O–H groups in total. The molecule has 1 heterocycles. The monoisotopic (exact) mass is 421 g/mol. The third kappa shape index (κ3) is 4.63. The van der Waals surface area contributed by atoms with Crippen LogP contribution in [0.5, 0.6) is 5.75 Å². The molecule has 148 valence electrons. The average molecular weight is 422 g/mol. The summed E-state index contributed by atoms with van der Waals surface area (Å²) in [5.41, 5.74) is 1.37. The van der Waals surface area contributed by atoms with Crippen LogP contribution in [-0.4, -0.2) is 25.7 Å². The first-order valence-electron chi connectivity index (χ1n) is 8.56. The van der Waals surface area contributed by atoms with E-state index in [4.69, 9.17) is 20.9 Å². The summed E-state index contributed by atoms with van der Waals surface area (Å²) < 4.78 is 37.9. The number of halogens is 1. The van der Waals surface area contributed by atoms with Gasteiger partial charge in [-0.3, -0.25) is 4.72 Å². The summed E-state index contributed by atoms with van der Waals surface area (Å²) in [7, 11) is -2.30. The van der Waals surface area contributed by atoms with Crippen molar-refractivity contribution in [3.63, 3.8) is 0 Å². The molecule has 2 aromatic carbocycles. The van der Waals surface area contributed by atoms with Gasteiger partial charge in [-0.2, -0.15) is 4.98 Å². The molecule has 0 aliphatic heterocycles. The number of nitrogens with zero attached hydrogens (tertiary/aromatic N) is 2. The van der Waals surface area contributed by atoms with E-state index in [0.717, 1.165) is 5.56 Å². The molecule has 0 atom stereocenters. The highest BCUT2D eigenvalue weighted by Gasteiger charge is 2.16. The summed E-state index contributed by atoms with van der Waals surface area (Å²) >= 11 is 6.02. The van der Waals surface area contributed by atoms with Crippen LogP contribution in [-0.2, 0) is 16.4 Å². The number of hydrogen-bond donors (Lipinski definition) is 1. The molecule has 1 aromatic heterocycles. The summed E-state index contributed by atoms with van der Waals surface area (Å²) in [6, 6.07) is 11.3. The van der Waals surface area contributed by atoms with Gasteiger partial charge in [0, 0.05) is 18.0 Å². The van der Waals surface area contributed by atoms with Crippen LogP contribution in [0.1, 0.15) is 37.0 Å². The lowest BCUT2D eigenvalue weighted by molar-refractivity contribution is 0.361. The maximum atomic E-state index is 12.6. The number of anilines is 1. The number of aromatic nitrogens is 2. The number of methoxy groups -OCH3 is 1. The minimum atomic E-state index is -3.77. The lowest BCUT2D eigenvalue weighted by Gasteiger charge is -2.10. The van der Waals surface area contributed by atoms with Gasteiger partial charge in [0.2, 0.25) is 5.89 Å². The van der Waals surface area contributed by atoms with E-state index in [1.807, 2.05) is 26.0 Å². The lowest BCUT2D eigenvalue weighted by atomic mass is 10.1. The number of ether oxygens (including phenoxy) is 1. The first kappa shape index (κ1) is 20.2. The Morgan fingerprint density at radius 2 is 1.89 bits per heavy atom. The Hall–Kier alpha value is -2.58. The summed E-state index contributed by atoms with van der Waals surface area (Å²) in [5.74, 6) is 1.76. The minimum absolute atomic E-state index is 0.0513. The van der Waals surface area contributed by atoms with Crippen LogP contribution in [0.3, 0.4) is 0 Å². The Labute approximate surface area is 168 Å².